The summed E-state index contributed by atoms with van der Waals surface area (Å²) in [6.45, 7) is 5.96. The summed E-state index contributed by atoms with van der Waals surface area (Å²) in [5, 5.41) is 18.9. The second-order valence-corrected chi connectivity index (χ2v) is 4.56. The number of para-hydroxylation sites is 1. The molecule has 0 amide bonds. The van der Waals surface area contributed by atoms with Gasteiger partial charge in [-0.05, 0) is 11.5 Å². The van der Waals surface area contributed by atoms with Crippen molar-refractivity contribution in [2.45, 2.75) is 26.8 Å². The van der Waals surface area contributed by atoms with Gasteiger partial charge in [0.25, 0.3) is 0 Å². The number of phenolic OH excluding ortho intramolecular Hbond substituents is 2. The molecule has 0 aliphatic carbocycles. The maximum absolute atomic E-state index is 9.60. The fourth-order valence-corrected chi connectivity index (χ4v) is 1.27. The topological polar surface area (TPSA) is 66.5 Å². The van der Waals surface area contributed by atoms with Crippen molar-refractivity contribution in [1.82, 2.24) is 0 Å². The molecule has 1 rings (SSSR count). The second kappa shape index (κ2) is 4.73. The first-order valence-electron chi connectivity index (χ1n) is 4.60. The first kappa shape index (κ1) is 14.1. The summed E-state index contributed by atoms with van der Waals surface area (Å²) in [5.74, 6) is -0.239. The average Bonchev–Trinajstić information content (AvgIpc) is 2.07. The van der Waals surface area contributed by atoms with E-state index in [0.717, 1.165) is 0 Å². The number of phenols is 2. The van der Waals surface area contributed by atoms with Gasteiger partial charge in [-0.2, -0.15) is 0 Å². The van der Waals surface area contributed by atoms with Gasteiger partial charge in [0.2, 0.25) is 0 Å². The lowest BCUT2D eigenvalue weighted by molar-refractivity contribution is 0.313. The van der Waals surface area contributed by atoms with Crippen molar-refractivity contribution in [2.75, 3.05) is 0 Å². The van der Waals surface area contributed by atoms with E-state index in [4.69, 9.17) is 5.73 Å². The third-order valence-corrected chi connectivity index (χ3v) is 2.31. The smallest absolute Gasteiger partial charge is 0.162 e. The van der Waals surface area contributed by atoms with Crippen LogP contribution in [0.3, 0.4) is 0 Å². The fraction of sp³-hybridized carbons (Fsp3) is 0.455. The van der Waals surface area contributed by atoms with Gasteiger partial charge in [0.15, 0.2) is 11.5 Å². The van der Waals surface area contributed by atoms with Crippen LogP contribution in [0.4, 0.5) is 0 Å². The summed E-state index contributed by atoms with van der Waals surface area (Å²) in [7, 11) is 0. The van der Waals surface area contributed by atoms with Gasteiger partial charge in [-0.15, -0.1) is 12.4 Å². The lowest BCUT2D eigenvalue weighted by atomic mass is 9.82. The molecule has 1 aromatic rings. The van der Waals surface area contributed by atoms with Gasteiger partial charge in [0, 0.05) is 11.6 Å². The molecule has 4 heteroatoms. The van der Waals surface area contributed by atoms with E-state index in [0.29, 0.717) is 5.56 Å². The van der Waals surface area contributed by atoms with Crippen LogP contribution < -0.4 is 5.73 Å². The number of hydrogen-bond donors (Lipinski definition) is 3. The number of benzene rings is 1. The standard InChI is InChI=1S/C11H17NO2.ClH/c1-11(2,3)10(12)7-5-4-6-8(13)9(7)14;/h4-6,10,13-14H,12H2,1-3H3;1H/t10-;/m0./s1. The molecule has 0 aliphatic rings. The Kier molecular flexibility index (Phi) is 4.43. The predicted octanol–water partition coefficient (Wildman–Crippen LogP) is 2.57. The molecule has 86 valence electrons. The molecule has 0 aliphatic heterocycles. The third kappa shape index (κ3) is 3.01. The van der Waals surface area contributed by atoms with E-state index in [1.54, 1.807) is 12.1 Å². The van der Waals surface area contributed by atoms with Crippen LogP contribution in [0.25, 0.3) is 0 Å². The number of rotatable bonds is 1. The zero-order valence-corrected chi connectivity index (χ0v) is 10.0. The quantitative estimate of drug-likeness (QED) is 0.651. The Morgan fingerprint density at radius 1 is 1.20 bits per heavy atom. The van der Waals surface area contributed by atoms with E-state index in [2.05, 4.69) is 0 Å². The molecule has 0 unspecified atom stereocenters. The summed E-state index contributed by atoms with van der Waals surface area (Å²) >= 11 is 0. The van der Waals surface area contributed by atoms with Crippen LogP contribution >= 0.6 is 12.4 Å². The van der Waals surface area contributed by atoms with Crippen LogP contribution in [0.15, 0.2) is 18.2 Å². The highest BCUT2D eigenvalue weighted by Crippen LogP contribution is 2.38. The first-order valence-corrected chi connectivity index (χ1v) is 4.60. The number of halogens is 1. The van der Waals surface area contributed by atoms with Gasteiger partial charge in [0.05, 0.1) is 0 Å². The summed E-state index contributed by atoms with van der Waals surface area (Å²) in [4.78, 5) is 0. The molecular weight excluding hydrogens is 214 g/mol. The maximum atomic E-state index is 9.60. The Morgan fingerprint density at radius 2 is 1.73 bits per heavy atom. The van der Waals surface area contributed by atoms with Gasteiger partial charge < -0.3 is 15.9 Å². The predicted molar refractivity (Wildman–Crippen MR) is 63.4 cm³/mol. The second-order valence-electron chi connectivity index (χ2n) is 4.56. The summed E-state index contributed by atoms with van der Waals surface area (Å²) in [6.07, 6.45) is 0. The van der Waals surface area contributed by atoms with Crippen LogP contribution in [0, 0.1) is 5.41 Å². The third-order valence-electron chi connectivity index (χ3n) is 2.31. The highest BCUT2D eigenvalue weighted by Gasteiger charge is 2.25. The van der Waals surface area contributed by atoms with Crippen LogP contribution in [-0.4, -0.2) is 10.2 Å². The Hall–Kier alpha value is -0.930. The van der Waals surface area contributed by atoms with Crippen LogP contribution in [-0.2, 0) is 0 Å². The summed E-state index contributed by atoms with van der Waals surface area (Å²) in [5.41, 5.74) is 6.40. The van der Waals surface area contributed by atoms with Gasteiger partial charge in [-0.1, -0.05) is 32.9 Å². The molecule has 0 bridgehead atoms. The minimum absolute atomic E-state index is 0. The van der Waals surface area contributed by atoms with E-state index < -0.39 is 0 Å². The maximum Gasteiger partial charge on any atom is 0.162 e. The number of aromatic hydroxyl groups is 2. The highest BCUT2D eigenvalue weighted by molar-refractivity contribution is 5.85. The van der Waals surface area contributed by atoms with Crippen LogP contribution in [0.1, 0.15) is 32.4 Å². The molecule has 15 heavy (non-hydrogen) atoms. The first-order chi connectivity index (χ1) is 6.34. The average molecular weight is 232 g/mol. The minimum atomic E-state index is -0.297. The molecule has 0 fully saturated rings. The Labute approximate surface area is 96.3 Å². The monoisotopic (exact) mass is 231 g/mol. The summed E-state index contributed by atoms with van der Waals surface area (Å²) < 4.78 is 0. The van der Waals surface area contributed by atoms with Crippen LogP contribution in [0.5, 0.6) is 11.5 Å². The van der Waals surface area contributed by atoms with Crippen molar-refractivity contribution in [3.05, 3.63) is 23.8 Å². The molecule has 0 radical (unpaired) electrons. The van der Waals surface area contributed by atoms with Crippen molar-refractivity contribution in [3.8, 4) is 11.5 Å². The van der Waals surface area contributed by atoms with Crippen molar-refractivity contribution in [1.29, 1.82) is 0 Å². The van der Waals surface area contributed by atoms with Gasteiger partial charge in [0.1, 0.15) is 0 Å². The van der Waals surface area contributed by atoms with Crippen molar-refractivity contribution >= 4 is 12.4 Å². The molecule has 4 N–H and O–H groups in total. The zero-order valence-electron chi connectivity index (χ0n) is 9.19. The molecule has 0 saturated carbocycles. The fourth-order valence-electron chi connectivity index (χ4n) is 1.27. The van der Waals surface area contributed by atoms with Gasteiger partial charge in [-0.25, -0.2) is 0 Å². The normalized spacial score (nSPS) is 13.1. The Balaban J connectivity index is 0.00000196. The Bertz CT molecular complexity index is 334. The van der Waals surface area contributed by atoms with Crippen LogP contribution in [0.2, 0.25) is 0 Å². The molecule has 0 aromatic heterocycles. The largest absolute Gasteiger partial charge is 0.504 e. The minimum Gasteiger partial charge on any atom is -0.504 e. The van der Waals surface area contributed by atoms with Crippen molar-refractivity contribution in [2.24, 2.45) is 11.1 Å². The van der Waals surface area contributed by atoms with Gasteiger partial charge in [-0.3, -0.25) is 0 Å². The van der Waals surface area contributed by atoms with Gasteiger partial charge >= 0.3 is 0 Å². The van der Waals surface area contributed by atoms with E-state index in [9.17, 15) is 10.2 Å². The van der Waals surface area contributed by atoms with E-state index >= 15 is 0 Å². The molecule has 0 saturated heterocycles. The lowest BCUT2D eigenvalue weighted by Crippen LogP contribution is -2.26. The number of nitrogens with two attached hydrogens (primary N) is 1. The molecule has 0 heterocycles. The Morgan fingerprint density at radius 3 is 2.20 bits per heavy atom. The molecule has 0 spiro atoms. The molecule has 1 atom stereocenters. The summed E-state index contributed by atoms with van der Waals surface area (Å²) in [6, 6.07) is 4.55. The molecular formula is C11H18ClNO2. The van der Waals surface area contributed by atoms with E-state index in [1.807, 2.05) is 20.8 Å². The zero-order chi connectivity index (χ0) is 10.9. The van der Waals surface area contributed by atoms with Crippen molar-refractivity contribution < 1.29 is 10.2 Å². The van der Waals surface area contributed by atoms with E-state index in [-0.39, 0.29) is 35.4 Å². The lowest BCUT2D eigenvalue weighted by Gasteiger charge is -2.27. The molecule has 1 aromatic carbocycles. The van der Waals surface area contributed by atoms with E-state index in [1.165, 1.54) is 6.07 Å². The highest BCUT2D eigenvalue weighted by atomic mass is 35.5. The number of hydrogen-bond acceptors (Lipinski definition) is 3. The SMILES string of the molecule is CC(C)(C)[C@@H](N)c1cccc(O)c1O.Cl. The molecule has 3 nitrogen and oxygen atoms in total. The van der Waals surface area contributed by atoms with Crippen molar-refractivity contribution in [3.63, 3.8) is 0 Å².